The quantitative estimate of drug-likeness (QED) is 0.881. The molecule has 1 fully saturated rings. The molecule has 1 aliphatic rings. The summed E-state index contributed by atoms with van der Waals surface area (Å²) in [6, 6.07) is 3.00. The Balaban J connectivity index is 2.03. The van der Waals surface area contributed by atoms with Crippen LogP contribution in [0.3, 0.4) is 0 Å². The monoisotopic (exact) mass is 281 g/mol. The van der Waals surface area contributed by atoms with Crippen molar-refractivity contribution >= 4 is 33.0 Å². The first-order valence-corrected chi connectivity index (χ1v) is 7.56. The third kappa shape index (κ3) is 2.57. The van der Waals surface area contributed by atoms with Gasteiger partial charge < -0.3 is 5.11 Å². The predicted octanol–water partition coefficient (Wildman–Crippen LogP) is 1.59. The normalized spacial score (nSPS) is 19.4. The van der Waals surface area contributed by atoms with Crippen LogP contribution < -0.4 is 4.72 Å². The highest BCUT2D eigenvalue weighted by Crippen LogP contribution is 2.31. The van der Waals surface area contributed by atoms with Crippen LogP contribution in [-0.2, 0) is 10.0 Å². The van der Waals surface area contributed by atoms with Crippen molar-refractivity contribution in [3.63, 3.8) is 0 Å². The lowest BCUT2D eigenvalue weighted by Gasteiger charge is -2.36. The van der Waals surface area contributed by atoms with E-state index in [0.29, 0.717) is 17.2 Å². The number of hydrogen-bond acceptors (Lipinski definition) is 4. The van der Waals surface area contributed by atoms with Gasteiger partial charge in [-0.25, -0.2) is 13.1 Å². The van der Waals surface area contributed by atoms with Crippen LogP contribution in [-0.4, -0.2) is 25.7 Å². The maximum absolute atomic E-state index is 11.8. The molecule has 7 heteroatoms. The van der Waals surface area contributed by atoms with Crippen molar-refractivity contribution in [2.75, 3.05) is 6.54 Å². The minimum absolute atomic E-state index is 0.0743. The number of thiophene rings is 1. The number of rotatable bonds is 4. The highest BCUT2D eigenvalue weighted by Gasteiger charge is 2.35. The summed E-state index contributed by atoms with van der Waals surface area (Å²) in [6.45, 7) is 0.0743. The van der Waals surface area contributed by atoms with Gasteiger partial charge in [0, 0.05) is 6.54 Å². The van der Waals surface area contributed by atoms with Crippen LogP contribution in [0.4, 0.5) is 0 Å². The highest BCUT2D eigenvalue weighted by atomic mass is 35.5. The second kappa shape index (κ2) is 4.27. The first kappa shape index (κ1) is 12.3. The van der Waals surface area contributed by atoms with E-state index < -0.39 is 15.6 Å². The van der Waals surface area contributed by atoms with Crippen molar-refractivity contribution in [3.8, 4) is 0 Å². The van der Waals surface area contributed by atoms with Crippen LogP contribution in [0.15, 0.2) is 16.3 Å². The van der Waals surface area contributed by atoms with Gasteiger partial charge in [0.1, 0.15) is 4.21 Å². The van der Waals surface area contributed by atoms with E-state index in [2.05, 4.69) is 4.72 Å². The third-order valence-electron chi connectivity index (χ3n) is 2.69. The number of sulfonamides is 1. The molecule has 1 aliphatic carbocycles. The molecule has 1 saturated carbocycles. The zero-order chi connectivity index (χ0) is 11.8. The van der Waals surface area contributed by atoms with Crippen LogP contribution >= 0.6 is 22.9 Å². The van der Waals surface area contributed by atoms with Crippen LogP contribution in [0.25, 0.3) is 0 Å². The minimum Gasteiger partial charge on any atom is -0.389 e. The molecule has 0 radical (unpaired) electrons. The van der Waals surface area contributed by atoms with Crippen LogP contribution in [0.2, 0.25) is 4.34 Å². The zero-order valence-electron chi connectivity index (χ0n) is 8.44. The van der Waals surface area contributed by atoms with Gasteiger partial charge in [-0.3, -0.25) is 0 Å². The van der Waals surface area contributed by atoms with Crippen LogP contribution in [0.1, 0.15) is 19.3 Å². The van der Waals surface area contributed by atoms with Crippen molar-refractivity contribution in [1.82, 2.24) is 4.72 Å². The summed E-state index contributed by atoms with van der Waals surface area (Å²) in [4.78, 5) is 0. The van der Waals surface area contributed by atoms with E-state index in [4.69, 9.17) is 11.6 Å². The maximum atomic E-state index is 11.8. The van der Waals surface area contributed by atoms with Crippen molar-refractivity contribution in [1.29, 1.82) is 0 Å². The molecule has 1 aromatic heterocycles. The standard InChI is InChI=1S/C9H12ClNO3S2/c10-7-2-3-8(15-7)16(13,14)11-6-9(12)4-1-5-9/h2-3,11-12H,1,4-6H2. The first-order valence-electron chi connectivity index (χ1n) is 4.89. The van der Waals surface area contributed by atoms with Crippen molar-refractivity contribution < 1.29 is 13.5 Å². The summed E-state index contributed by atoms with van der Waals surface area (Å²) < 4.78 is 26.5. The van der Waals surface area contributed by atoms with E-state index in [1.165, 1.54) is 6.07 Å². The van der Waals surface area contributed by atoms with E-state index in [1.54, 1.807) is 6.07 Å². The molecule has 16 heavy (non-hydrogen) atoms. The molecule has 90 valence electrons. The molecule has 4 nitrogen and oxygen atoms in total. The van der Waals surface area contributed by atoms with Gasteiger partial charge in [0.2, 0.25) is 10.0 Å². The molecule has 2 rings (SSSR count). The molecule has 0 spiro atoms. The summed E-state index contributed by atoms with van der Waals surface area (Å²) >= 11 is 6.68. The molecule has 0 aromatic carbocycles. The molecule has 0 saturated heterocycles. The Kier molecular flexibility index (Phi) is 3.29. The van der Waals surface area contributed by atoms with Gasteiger partial charge in [-0.1, -0.05) is 11.6 Å². The van der Waals surface area contributed by atoms with Gasteiger partial charge in [0.05, 0.1) is 9.94 Å². The summed E-state index contributed by atoms with van der Waals surface area (Å²) in [5.74, 6) is 0. The summed E-state index contributed by atoms with van der Waals surface area (Å²) in [7, 11) is -3.52. The van der Waals surface area contributed by atoms with Gasteiger partial charge in [-0.2, -0.15) is 0 Å². The van der Waals surface area contributed by atoms with Crippen LogP contribution in [0.5, 0.6) is 0 Å². The van der Waals surface area contributed by atoms with Gasteiger partial charge in [-0.15, -0.1) is 11.3 Å². The molecular formula is C9H12ClNO3S2. The Morgan fingerprint density at radius 1 is 1.50 bits per heavy atom. The van der Waals surface area contributed by atoms with Crippen LogP contribution in [0, 0.1) is 0 Å². The first-order chi connectivity index (χ1) is 7.41. The smallest absolute Gasteiger partial charge is 0.250 e. The second-order valence-corrected chi connectivity index (χ2v) is 7.67. The topological polar surface area (TPSA) is 66.4 Å². The Morgan fingerprint density at radius 2 is 2.19 bits per heavy atom. The van der Waals surface area contributed by atoms with Crippen molar-refractivity contribution in [2.45, 2.75) is 29.1 Å². The number of aliphatic hydroxyl groups is 1. The molecule has 0 atom stereocenters. The van der Waals surface area contributed by atoms with E-state index >= 15 is 0 Å². The fourth-order valence-corrected chi connectivity index (χ4v) is 4.15. The fourth-order valence-electron chi connectivity index (χ4n) is 1.50. The van der Waals surface area contributed by atoms with Crippen molar-refractivity contribution in [2.24, 2.45) is 0 Å². The Morgan fingerprint density at radius 3 is 2.62 bits per heavy atom. The largest absolute Gasteiger partial charge is 0.389 e. The highest BCUT2D eigenvalue weighted by molar-refractivity contribution is 7.91. The number of hydrogen-bond donors (Lipinski definition) is 2. The van der Waals surface area contributed by atoms with Gasteiger partial charge in [0.15, 0.2) is 0 Å². The van der Waals surface area contributed by atoms with Gasteiger partial charge in [-0.05, 0) is 31.4 Å². The lowest BCUT2D eigenvalue weighted by atomic mass is 9.81. The Bertz CT molecular complexity index is 479. The molecular weight excluding hydrogens is 270 g/mol. The van der Waals surface area contributed by atoms with Gasteiger partial charge in [0.25, 0.3) is 0 Å². The molecule has 0 amide bonds. The summed E-state index contributed by atoms with van der Waals surface area (Å²) in [6.07, 6.45) is 2.25. The Hall–Kier alpha value is -0.140. The molecule has 1 aromatic rings. The second-order valence-electron chi connectivity index (χ2n) is 3.96. The molecule has 0 bridgehead atoms. The van der Waals surface area contributed by atoms with E-state index in [9.17, 15) is 13.5 Å². The predicted molar refractivity (Wildman–Crippen MR) is 63.3 cm³/mol. The molecule has 2 N–H and O–H groups in total. The minimum atomic E-state index is -3.52. The number of nitrogens with one attached hydrogen (secondary N) is 1. The molecule has 1 heterocycles. The molecule has 0 unspecified atom stereocenters. The third-order valence-corrected chi connectivity index (χ3v) is 5.81. The SMILES string of the molecule is O=S(=O)(NCC1(O)CCC1)c1ccc(Cl)s1. The van der Waals surface area contributed by atoms with Crippen molar-refractivity contribution in [3.05, 3.63) is 16.5 Å². The van der Waals surface area contributed by atoms with Gasteiger partial charge >= 0.3 is 0 Å². The zero-order valence-corrected chi connectivity index (χ0v) is 10.8. The molecule has 0 aliphatic heterocycles. The summed E-state index contributed by atoms with van der Waals surface area (Å²) in [5.41, 5.74) is -0.853. The Labute approximate surface area is 103 Å². The average Bonchev–Trinajstić information content (AvgIpc) is 2.60. The average molecular weight is 282 g/mol. The fraction of sp³-hybridized carbons (Fsp3) is 0.556. The van der Waals surface area contributed by atoms with E-state index in [0.717, 1.165) is 17.8 Å². The maximum Gasteiger partial charge on any atom is 0.250 e. The lowest BCUT2D eigenvalue weighted by molar-refractivity contribution is -0.0270. The number of halogens is 1. The summed E-state index contributed by atoms with van der Waals surface area (Å²) in [5, 5.41) is 9.78. The van der Waals surface area contributed by atoms with E-state index in [1.807, 2.05) is 0 Å². The van der Waals surface area contributed by atoms with E-state index in [-0.39, 0.29) is 10.8 Å². The lowest BCUT2D eigenvalue weighted by Crippen LogP contribution is -2.47.